The van der Waals surface area contributed by atoms with E-state index in [0.717, 1.165) is 41.0 Å². The van der Waals surface area contributed by atoms with E-state index in [-0.39, 0.29) is 0 Å². The molecule has 3 atom stereocenters. The number of hydrogen-bond donors (Lipinski definition) is 1. The highest BCUT2D eigenvalue weighted by atomic mass is 16.4. The predicted octanol–water partition coefficient (Wildman–Crippen LogP) is 3.25. The number of aromatic nitrogens is 2. The van der Waals surface area contributed by atoms with Crippen molar-refractivity contribution in [1.82, 2.24) is 9.55 Å². The number of benzene rings is 1. The first kappa shape index (κ1) is 12.9. The maximum absolute atomic E-state index is 11.1. The van der Waals surface area contributed by atoms with Crippen molar-refractivity contribution in [2.24, 2.45) is 24.8 Å². The maximum atomic E-state index is 11.1. The molecule has 2 saturated carbocycles. The first-order valence-corrected chi connectivity index (χ1v) is 7.80. The molecular formula is C17H20N2O2. The van der Waals surface area contributed by atoms with Crippen molar-refractivity contribution in [3.05, 3.63) is 29.6 Å². The van der Waals surface area contributed by atoms with Crippen LogP contribution >= 0.6 is 0 Å². The topological polar surface area (TPSA) is 55.1 Å². The zero-order chi connectivity index (χ0) is 14.6. The Kier molecular flexibility index (Phi) is 2.81. The molecule has 3 unspecified atom stereocenters. The van der Waals surface area contributed by atoms with Crippen molar-refractivity contribution in [3.8, 4) is 0 Å². The first-order valence-electron chi connectivity index (χ1n) is 7.80. The molecule has 110 valence electrons. The normalized spacial score (nSPS) is 27.6. The fourth-order valence-electron chi connectivity index (χ4n) is 4.43. The van der Waals surface area contributed by atoms with Gasteiger partial charge in [0.1, 0.15) is 5.82 Å². The van der Waals surface area contributed by atoms with Crippen LogP contribution in [0.3, 0.4) is 0 Å². The molecule has 0 radical (unpaired) electrons. The average Bonchev–Trinajstić information content (AvgIpc) is 3.14. The van der Waals surface area contributed by atoms with Crippen molar-refractivity contribution >= 4 is 17.0 Å². The molecule has 21 heavy (non-hydrogen) atoms. The minimum absolute atomic E-state index is 0.312. The number of carboxylic acids is 1. The molecule has 2 fully saturated rings. The van der Waals surface area contributed by atoms with Crippen molar-refractivity contribution in [2.45, 2.75) is 32.1 Å². The van der Waals surface area contributed by atoms with Crippen LogP contribution in [-0.2, 0) is 13.5 Å². The van der Waals surface area contributed by atoms with Crippen LogP contribution in [0.25, 0.3) is 11.0 Å². The van der Waals surface area contributed by atoms with Gasteiger partial charge in [0.2, 0.25) is 0 Å². The monoisotopic (exact) mass is 284 g/mol. The van der Waals surface area contributed by atoms with Gasteiger partial charge in [-0.2, -0.15) is 0 Å². The molecule has 1 aromatic heterocycles. The van der Waals surface area contributed by atoms with E-state index in [1.807, 2.05) is 13.1 Å². The first-order chi connectivity index (χ1) is 10.1. The average molecular weight is 284 g/mol. The molecule has 2 aliphatic rings. The van der Waals surface area contributed by atoms with Gasteiger partial charge in [-0.1, -0.05) is 6.42 Å². The molecule has 1 heterocycles. The van der Waals surface area contributed by atoms with E-state index < -0.39 is 5.97 Å². The zero-order valence-corrected chi connectivity index (χ0v) is 12.2. The molecule has 4 nitrogen and oxygen atoms in total. The van der Waals surface area contributed by atoms with Gasteiger partial charge in [-0.15, -0.1) is 0 Å². The molecule has 2 aliphatic carbocycles. The van der Waals surface area contributed by atoms with Gasteiger partial charge in [0.05, 0.1) is 16.6 Å². The Hall–Kier alpha value is -1.84. The van der Waals surface area contributed by atoms with Crippen LogP contribution < -0.4 is 0 Å². The lowest BCUT2D eigenvalue weighted by Gasteiger charge is -2.21. The molecular weight excluding hydrogens is 264 g/mol. The van der Waals surface area contributed by atoms with E-state index in [9.17, 15) is 4.79 Å². The number of fused-ring (bicyclic) bond motifs is 3. The number of hydrogen-bond acceptors (Lipinski definition) is 2. The van der Waals surface area contributed by atoms with E-state index in [1.54, 1.807) is 12.1 Å². The lowest BCUT2D eigenvalue weighted by atomic mass is 9.86. The summed E-state index contributed by atoms with van der Waals surface area (Å²) in [6, 6.07) is 5.21. The van der Waals surface area contributed by atoms with E-state index in [2.05, 4.69) is 4.57 Å². The van der Waals surface area contributed by atoms with E-state index in [4.69, 9.17) is 10.1 Å². The minimum atomic E-state index is -0.891. The van der Waals surface area contributed by atoms with E-state index in [1.165, 1.54) is 25.7 Å². The van der Waals surface area contributed by atoms with Gasteiger partial charge in [0.25, 0.3) is 0 Å². The SMILES string of the molecule is Cn1c(CC2CC3CCC2C3)nc2cc(C(=O)O)ccc21. The molecule has 2 bridgehead atoms. The number of nitrogens with zero attached hydrogens (tertiary/aromatic N) is 2. The van der Waals surface area contributed by atoms with Crippen molar-refractivity contribution in [2.75, 3.05) is 0 Å². The predicted molar refractivity (Wildman–Crippen MR) is 80.3 cm³/mol. The maximum Gasteiger partial charge on any atom is 0.335 e. The Morgan fingerprint density at radius 2 is 2.24 bits per heavy atom. The van der Waals surface area contributed by atoms with Gasteiger partial charge in [0, 0.05) is 13.5 Å². The fraction of sp³-hybridized carbons (Fsp3) is 0.529. The molecule has 0 saturated heterocycles. The highest BCUT2D eigenvalue weighted by Crippen LogP contribution is 2.49. The molecule has 1 aromatic carbocycles. The third kappa shape index (κ3) is 2.04. The minimum Gasteiger partial charge on any atom is -0.478 e. The second-order valence-electron chi connectivity index (χ2n) is 6.73. The van der Waals surface area contributed by atoms with Crippen molar-refractivity contribution in [3.63, 3.8) is 0 Å². The summed E-state index contributed by atoms with van der Waals surface area (Å²) in [5.41, 5.74) is 2.14. The van der Waals surface area contributed by atoms with Crippen LogP contribution in [0.5, 0.6) is 0 Å². The Labute approximate surface area is 123 Å². The van der Waals surface area contributed by atoms with Gasteiger partial charge < -0.3 is 9.67 Å². The largest absolute Gasteiger partial charge is 0.478 e. The van der Waals surface area contributed by atoms with Gasteiger partial charge in [-0.05, 0) is 55.2 Å². The fourth-order valence-corrected chi connectivity index (χ4v) is 4.43. The molecule has 0 amide bonds. The standard InChI is InChI=1S/C17H20N2O2/c1-19-15-5-4-12(17(20)21)8-14(15)18-16(19)9-13-7-10-2-3-11(13)6-10/h4-5,8,10-11,13H,2-3,6-7,9H2,1H3,(H,20,21). The number of carboxylic acid groups (broad SMARTS) is 1. The lowest BCUT2D eigenvalue weighted by molar-refractivity contribution is 0.0697. The van der Waals surface area contributed by atoms with Crippen molar-refractivity contribution in [1.29, 1.82) is 0 Å². The summed E-state index contributed by atoms with van der Waals surface area (Å²) in [5, 5.41) is 9.09. The second-order valence-corrected chi connectivity index (χ2v) is 6.73. The lowest BCUT2D eigenvalue weighted by Crippen LogP contribution is -2.15. The van der Waals surface area contributed by atoms with Gasteiger partial charge >= 0.3 is 5.97 Å². The number of carbonyl (C=O) groups is 1. The van der Waals surface area contributed by atoms with E-state index in [0.29, 0.717) is 5.56 Å². The smallest absolute Gasteiger partial charge is 0.335 e. The van der Waals surface area contributed by atoms with Gasteiger partial charge in [-0.3, -0.25) is 0 Å². The van der Waals surface area contributed by atoms with Crippen LogP contribution in [0.1, 0.15) is 41.9 Å². The van der Waals surface area contributed by atoms with Crippen LogP contribution in [0.2, 0.25) is 0 Å². The summed E-state index contributed by atoms with van der Waals surface area (Å²) < 4.78 is 2.13. The molecule has 2 aromatic rings. The number of rotatable bonds is 3. The zero-order valence-electron chi connectivity index (χ0n) is 12.2. The Bertz CT molecular complexity index is 719. The summed E-state index contributed by atoms with van der Waals surface area (Å²) in [5.74, 6) is 2.83. The van der Waals surface area contributed by atoms with Crippen molar-refractivity contribution < 1.29 is 9.90 Å². The molecule has 4 rings (SSSR count). The molecule has 0 aliphatic heterocycles. The van der Waals surface area contributed by atoms with Crippen LogP contribution in [0, 0.1) is 17.8 Å². The summed E-state index contributed by atoms with van der Waals surface area (Å²) in [6.45, 7) is 0. The summed E-state index contributed by atoms with van der Waals surface area (Å²) in [6.07, 6.45) is 6.62. The Morgan fingerprint density at radius 3 is 2.90 bits per heavy atom. The van der Waals surface area contributed by atoms with Crippen LogP contribution in [-0.4, -0.2) is 20.6 Å². The number of imidazole rings is 1. The Morgan fingerprint density at radius 1 is 1.38 bits per heavy atom. The number of aromatic carboxylic acids is 1. The van der Waals surface area contributed by atoms with E-state index >= 15 is 0 Å². The van der Waals surface area contributed by atoms with Crippen LogP contribution in [0.15, 0.2) is 18.2 Å². The number of aryl methyl sites for hydroxylation is 1. The molecule has 1 N–H and O–H groups in total. The highest BCUT2D eigenvalue weighted by Gasteiger charge is 2.39. The second kappa shape index (κ2) is 4.58. The summed E-state index contributed by atoms with van der Waals surface area (Å²) in [7, 11) is 2.04. The summed E-state index contributed by atoms with van der Waals surface area (Å²) >= 11 is 0. The summed E-state index contributed by atoms with van der Waals surface area (Å²) in [4.78, 5) is 15.8. The molecule has 0 spiro atoms. The highest BCUT2D eigenvalue weighted by molar-refractivity contribution is 5.92. The quantitative estimate of drug-likeness (QED) is 0.941. The third-order valence-corrected chi connectivity index (χ3v) is 5.55. The van der Waals surface area contributed by atoms with Crippen LogP contribution in [0.4, 0.5) is 0 Å². The van der Waals surface area contributed by atoms with Gasteiger partial charge in [0.15, 0.2) is 0 Å². The van der Waals surface area contributed by atoms with Gasteiger partial charge in [-0.25, -0.2) is 9.78 Å². The molecule has 4 heteroatoms. The third-order valence-electron chi connectivity index (χ3n) is 5.55. The Balaban J connectivity index is 1.66.